The monoisotopic (exact) mass is 672 g/mol. The summed E-state index contributed by atoms with van der Waals surface area (Å²) in [6.45, 7) is 4.06. The molecule has 4 atom stereocenters. The molecule has 0 radical (unpaired) electrons. The van der Waals surface area contributed by atoms with Gasteiger partial charge in [0.05, 0.1) is 0 Å². The number of hydrogen-bond acceptors (Lipinski definition) is 6. The van der Waals surface area contributed by atoms with Gasteiger partial charge in [-0.25, -0.2) is 0 Å². The molecular formula is C30H34Cl2O6Si4. The third-order valence-electron chi connectivity index (χ3n) is 7.37. The Labute approximate surface area is 262 Å². The molecular weight excluding hydrogens is 640 g/mol. The van der Waals surface area contributed by atoms with E-state index in [1.807, 2.05) is 122 Å². The SMILES string of the molecule is CO[Si]1(c2ccccc2)O[Si](C)(c2ccc(CCl)cc2)O[Si](C)(c2ccccc2)O[Si](OC)(c2ccc(CCl)cc2)O1. The molecule has 0 N–H and O–H groups in total. The highest BCUT2D eigenvalue weighted by Gasteiger charge is 2.65. The smallest absolute Gasteiger partial charge is 0.409 e. The first kappa shape index (κ1) is 31.5. The largest absolute Gasteiger partial charge is 0.521 e. The molecule has 0 aliphatic carbocycles. The Balaban J connectivity index is 1.76. The van der Waals surface area contributed by atoms with Crippen LogP contribution in [0.25, 0.3) is 0 Å². The van der Waals surface area contributed by atoms with Gasteiger partial charge in [0.2, 0.25) is 0 Å². The molecule has 1 saturated heterocycles. The topological polar surface area (TPSA) is 55.4 Å². The first-order valence-corrected chi connectivity index (χ1v) is 22.7. The van der Waals surface area contributed by atoms with E-state index in [2.05, 4.69) is 0 Å². The zero-order chi connectivity index (χ0) is 29.8. The molecule has 12 heteroatoms. The molecule has 1 heterocycles. The van der Waals surface area contributed by atoms with Gasteiger partial charge in [-0.3, -0.25) is 0 Å². The summed E-state index contributed by atoms with van der Waals surface area (Å²) in [7, 11) is -10.9. The lowest BCUT2D eigenvalue weighted by atomic mass is 10.2. The average molecular weight is 674 g/mol. The van der Waals surface area contributed by atoms with Crippen LogP contribution in [0.15, 0.2) is 109 Å². The van der Waals surface area contributed by atoms with E-state index in [0.717, 1.165) is 31.9 Å². The summed E-state index contributed by atoms with van der Waals surface area (Å²) in [5, 5.41) is 3.40. The summed E-state index contributed by atoms with van der Waals surface area (Å²) in [6, 6.07) is 35.6. The van der Waals surface area contributed by atoms with E-state index in [1.54, 1.807) is 14.2 Å². The van der Waals surface area contributed by atoms with Gasteiger partial charge in [-0.05, 0) is 34.6 Å². The maximum absolute atomic E-state index is 7.32. The first-order valence-electron chi connectivity index (χ1n) is 13.6. The van der Waals surface area contributed by atoms with E-state index in [0.29, 0.717) is 11.8 Å². The molecule has 42 heavy (non-hydrogen) atoms. The predicted molar refractivity (Wildman–Crippen MR) is 177 cm³/mol. The lowest BCUT2D eigenvalue weighted by Gasteiger charge is -2.49. The van der Waals surface area contributed by atoms with Crippen LogP contribution in [0, 0.1) is 0 Å². The van der Waals surface area contributed by atoms with Crippen molar-refractivity contribution in [2.24, 2.45) is 0 Å². The summed E-state index contributed by atoms with van der Waals surface area (Å²) < 4.78 is 41.8. The van der Waals surface area contributed by atoms with E-state index in [9.17, 15) is 0 Å². The minimum Gasteiger partial charge on any atom is -0.409 e. The third-order valence-corrected chi connectivity index (χ3v) is 24.4. The molecule has 4 aromatic carbocycles. The second-order valence-electron chi connectivity index (χ2n) is 10.2. The van der Waals surface area contributed by atoms with Gasteiger partial charge >= 0.3 is 34.7 Å². The van der Waals surface area contributed by atoms with Crippen LogP contribution in [-0.4, -0.2) is 49.0 Å². The lowest BCUT2D eigenvalue weighted by molar-refractivity contribution is 0.118. The van der Waals surface area contributed by atoms with Crippen molar-refractivity contribution < 1.29 is 25.3 Å². The van der Waals surface area contributed by atoms with Crippen LogP contribution in [0.2, 0.25) is 13.1 Å². The summed E-state index contributed by atoms with van der Waals surface area (Å²) >= 11 is 12.3. The molecule has 1 fully saturated rings. The van der Waals surface area contributed by atoms with Crippen molar-refractivity contribution in [3.8, 4) is 0 Å². The summed E-state index contributed by atoms with van der Waals surface area (Å²) in [5.74, 6) is 0.799. The third kappa shape index (κ3) is 6.18. The Morgan fingerprint density at radius 3 is 1.24 bits per heavy atom. The average Bonchev–Trinajstić information content (AvgIpc) is 3.04. The minimum atomic E-state index is -3.78. The van der Waals surface area contributed by atoms with Gasteiger partial charge in [0, 0.05) is 36.4 Å². The summed E-state index contributed by atoms with van der Waals surface area (Å²) in [4.78, 5) is 0. The van der Waals surface area contributed by atoms with Crippen LogP contribution in [-0.2, 0) is 37.1 Å². The van der Waals surface area contributed by atoms with Crippen molar-refractivity contribution in [1.29, 1.82) is 0 Å². The van der Waals surface area contributed by atoms with Crippen LogP contribution >= 0.6 is 23.2 Å². The van der Waals surface area contributed by atoms with Crippen molar-refractivity contribution in [2.45, 2.75) is 24.9 Å². The molecule has 0 aromatic heterocycles. The van der Waals surface area contributed by atoms with E-state index < -0.39 is 34.7 Å². The van der Waals surface area contributed by atoms with Gasteiger partial charge in [-0.1, -0.05) is 109 Å². The number of rotatable bonds is 8. The number of hydrogen-bond donors (Lipinski definition) is 0. The molecule has 6 nitrogen and oxygen atoms in total. The molecule has 1 aliphatic rings. The Morgan fingerprint density at radius 2 is 0.833 bits per heavy atom. The van der Waals surface area contributed by atoms with E-state index >= 15 is 0 Å². The second kappa shape index (κ2) is 13.0. The van der Waals surface area contributed by atoms with E-state index in [4.69, 9.17) is 48.5 Å². The quantitative estimate of drug-likeness (QED) is 0.203. The molecule has 4 unspecified atom stereocenters. The maximum Gasteiger partial charge on any atom is 0.521 e. The highest BCUT2D eigenvalue weighted by molar-refractivity contribution is 7.03. The highest BCUT2D eigenvalue weighted by atomic mass is 35.5. The normalized spacial score (nSPS) is 28.1. The Bertz CT molecular complexity index is 1470. The van der Waals surface area contributed by atoms with Crippen LogP contribution in [0.1, 0.15) is 11.1 Å². The number of alkyl halides is 2. The molecule has 0 spiro atoms. The van der Waals surface area contributed by atoms with Crippen molar-refractivity contribution in [1.82, 2.24) is 0 Å². The Morgan fingerprint density at radius 1 is 0.476 bits per heavy atom. The molecule has 220 valence electrons. The standard InChI is InChI=1S/C30H34Cl2O6Si4/c1-33-41(29-13-9-6-10-14-29)37-40(4,28-19-15-25(23-31)16-20-28)35-39(3,27-11-7-5-8-12-27)36-42(34-2,38-41)30-21-17-26(24-32)18-22-30/h5-22H,23-24H2,1-4H3. The molecule has 1 aliphatic heterocycles. The van der Waals surface area contributed by atoms with Gasteiger partial charge in [0.1, 0.15) is 0 Å². The lowest BCUT2D eigenvalue weighted by Crippen LogP contribution is -2.80. The van der Waals surface area contributed by atoms with Crippen LogP contribution in [0.4, 0.5) is 0 Å². The molecule has 4 aromatic rings. The molecule has 0 bridgehead atoms. The Kier molecular flexibility index (Phi) is 9.74. The van der Waals surface area contributed by atoms with Crippen LogP contribution < -0.4 is 20.7 Å². The molecule has 0 saturated carbocycles. The second-order valence-corrected chi connectivity index (χ2v) is 23.1. The van der Waals surface area contributed by atoms with Gasteiger partial charge in [-0.15, -0.1) is 23.2 Å². The fourth-order valence-corrected chi connectivity index (χ4v) is 24.4. The number of halogens is 2. The van der Waals surface area contributed by atoms with Gasteiger partial charge in [0.25, 0.3) is 0 Å². The van der Waals surface area contributed by atoms with Gasteiger partial charge in [0.15, 0.2) is 0 Å². The fourth-order valence-electron chi connectivity index (χ4n) is 5.10. The van der Waals surface area contributed by atoms with Crippen LogP contribution in [0.5, 0.6) is 0 Å². The first-order chi connectivity index (χ1) is 20.2. The van der Waals surface area contributed by atoms with Crippen molar-refractivity contribution in [3.05, 3.63) is 120 Å². The fraction of sp³-hybridized carbons (Fsp3) is 0.200. The highest BCUT2D eigenvalue weighted by Crippen LogP contribution is 2.32. The molecule has 0 amide bonds. The predicted octanol–water partition coefficient (Wildman–Crippen LogP) is 4.49. The maximum atomic E-state index is 7.32. The minimum absolute atomic E-state index is 0.388. The van der Waals surface area contributed by atoms with Crippen LogP contribution in [0.3, 0.4) is 0 Å². The summed E-state index contributed by atoms with van der Waals surface area (Å²) in [5.41, 5.74) is 1.98. The van der Waals surface area contributed by atoms with Gasteiger partial charge < -0.3 is 25.3 Å². The van der Waals surface area contributed by atoms with Crippen molar-refractivity contribution >= 4 is 78.7 Å². The molecule has 5 rings (SSSR count). The zero-order valence-electron chi connectivity index (χ0n) is 24.0. The van der Waals surface area contributed by atoms with Crippen molar-refractivity contribution in [2.75, 3.05) is 14.2 Å². The van der Waals surface area contributed by atoms with Crippen molar-refractivity contribution in [3.63, 3.8) is 0 Å². The van der Waals surface area contributed by atoms with E-state index in [-0.39, 0.29) is 0 Å². The number of benzene rings is 4. The summed E-state index contributed by atoms with van der Waals surface area (Å²) in [6.07, 6.45) is 0. The Hall–Kier alpha value is -1.91. The zero-order valence-corrected chi connectivity index (χ0v) is 29.5. The van der Waals surface area contributed by atoms with E-state index in [1.165, 1.54) is 0 Å². The van der Waals surface area contributed by atoms with Gasteiger partial charge in [-0.2, -0.15) is 0 Å².